The van der Waals surface area contributed by atoms with Crippen molar-refractivity contribution in [2.75, 3.05) is 13.2 Å². The molecule has 0 aromatic rings. The molecule has 0 heterocycles. The predicted molar refractivity (Wildman–Crippen MR) is 62.0 cm³/mol. The quantitative estimate of drug-likeness (QED) is 0.770. The molecule has 3 heteroatoms. The minimum Gasteiger partial charge on any atom is -0.391 e. The van der Waals surface area contributed by atoms with Crippen molar-refractivity contribution in [3.63, 3.8) is 0 Å². The van der Waals surface area contributed by atoms with Crippen molar-refractivity contribution in [2.45, 2.75) is 65.3 Å². The molecule has 0 rings (SSSR count). The van der Waals surface area contributed by atoms with Crippen LogP contribution in [0.4, 0.5) is 0 Å². The van der Waals surface area contributed by atoms with Crippen molar-refractivity contribution in [1.29, 1.82) is 0 Å². The van der Waals surface area contributed by atoms with Gasteiger partial charge in [0.25, 0.3) is 0 Å². The summed E-state index contributed by atoms with van der Waals surface area (Å²) in [6, 6.07) is 0. The SMILES string of the molecule is CC(C)(C)OCC[C@H](O)COC(C)(C)C. The fourth-order valence-electron chi connectivity index (χ4n) is 0.931. The van der Waals surface area contributed by atoms with Gasteiger partial charge in [0.15, 0.2) is 0 Å². The highest BCUT2D eigenvalue weighted by molar-refractivity contribution is 4.63. The highest BCUT2D eigenvalue weighted by Gasteiger charge is 2.15. The minimum absolute atomic E-state index is 0.134. The Balaban J connectivity index is 3.54. The molecule has 3 nitrogen and oxygen atoms in total. The van der Waals surface area contributed by atoms with Crippen molar-refractivity contribution in [3.05, 3.63) is 0 Å². The molecule has 0 aromatic heterocycles. The smallest absolute Gasteiger partial charge is 0.0795 e. The lowest BCUT2D eigenvalue weighted by Crippen LogP contribution is -2.28. The van der Waals surface area contributed by atoms with Gasteiger partial charge in [-0.2, -0.15) is 0 Å². The zero-order valence-electron chi connectivity index (χ0n) is 11.0. The molecule has 0 radical (unpaired) electrons. The monoisotopic (exact) mass is 218 g/mol. The van der Waals surface area contributed by atoms with E-state index in [1.807, 2.05) is 41.5 Å². The van der Waals surface area contributed by atoms with Crippen molar-refractivity contribution < 1.29 is 14.6 Å². The number of ether oxygens (including phenoxy) is 2. The summed E-state index contributed by atoms with van der Waals surface area (Å²) in [4.78, 5) is 0. The van der Waals surface area contributed by atoms with E-state index < -0.39 is 6.10 Å². The Labute approximate surface area is 93.8 Å². The van der Waals surface area contributed by atoms with Crippen LogP contribution in [0.3, 0.4) is 0 Å². The van der Waals surface area contributed by atoms with Crippen molar-refractivity contribution in [2.24, 2.45) is 0 Å². The van der Waals surface area contributed by atoms with Crippen LogP contribution in [0, 0.1) is 0 Å². The zero-order valence-corrected chi connectivity index (χ0v) is 11.0. The fourth-order valence-corrected chi connectivity index (χ4v) is 0.931. The summed E-state index contributed by atoms with van der Waals surface area (Å²) in [6.45, 7) is 12.9. The van der Waals surface area contributed by atoms with Gasteiger partial charge < -0.3 is 14.6 Å². The summed E-state index contributed by atoms with van der Waals surface area (Å²) >= 11 is 0. The van der Waals surface area contributed by atoms with Crippen molar-refractivity contribution in [3.8, 4) is 0 Å². The van der Waals surface area contributed by atoms with Crippen LogP contribution in [0.5, 0.6) is 0 Å². The molecule has 1 N–H and O–H groups in total. The number of aliphatic hydroxyl groups is 1. The van der Waals surface area contributed by atoms with Gasteiger partial charge in [0, 0.05) is 6.61 Å². The molecule has 0 saturated carbocycles. The zero-order chi connectivity index (χ0) is 12.1. The highest BCUT2D eigenvalue weighted by atomic mass is 16.5. The molecule has 0 aliphatic rings. The van der Waals surface area contributed by atoms with Gasteiger partial charge in [-0.05, 0) is 48.0 Å². The van der Waals surface area contributed by atoms with Crippen LogP contribution in [-0.2, 0) is 9.47 Å². The molecule has 0 spiro atoms. The van der Waals surface area contributed by atoms with E-state index in [4.69, 9.17) is 9.47 Å². The maximum absolute atomic E-state index is 9.60. The highest BCUT2D eigenvalue weighted by Crippen LogP contribution is 2.10. The van der Waals surface area contributed by atoms with E-state index in [0.717, 1.165) is 0 Å². The first-order valence-electron chi connectivity index (χ1n) is 5.56. The lowest BCUT2D eigenvalue weighted by atomic mass is 10.2. The van der Waals surface area contributed by atoms with Crippen LogP contribution < -0.4 is 0 Å². The Morgan fingerprint density at radius 2 is 1.40 bits per heavy atom. The van der Waals surface area contributed by atoms with Gasteiger partial charge in [-0.3, -0.25) is 0 Å². The van der Waals surface area contributed by atoms with Gasteiger partial charge in [-0.15, -0.1) is 0 Å². The fraction of sp³-hybridized carbons (Fsp3) is 1.00. The summed E-state index contributed by atoms with van der Waals surface area (Å²) in [7, 11) is 0. The molecule has 15 heavy (non-hydrogen) atoms. The molecular formula is C12H26O3. The van der Waals surface area contributed by atoms with Crippen LogP contribution in [0.2, 0.25) is 0 Å². The third kappa shape index (κ3) is 11.8. The van der Waals surface area contributed by atoms with Crippen LogP contribution in [0.15, 0.2) is 0 Å². The van der Waals surface area contributed by atoms with E-state index in [9.17, 15) is 5.11 Å². The van der Waals surface area contributed by atoms with E-state index >= 15 is 0 Å². The molecule has 0 amide bonds. The first-order chi connectivity index (χ1) is 6.60. The van der Waals surface area contributed by atoms with Gasteiger partial charge in [0.2, 0.25) is 0 Å². The number of hydrogen-bond acceptors (Lipinski definition) is 3. The van der Waals surface area contributed by atoms with Crippen LogP contribution >= 0.6 is 0 Å². The predicted octanol–water partition coefficient (Wildman–Crippen LogP) is 2.37. The largest absolute Gasteiger partial charge is 0.391 e. The lowest BCUT2D eigenvalue weighted by molar-refractivity contribution is -0.0673. The van der Waals surface area contributed by atoms with E-state index in [0.29, 0.717) is 19.6 Å². The van der Waals surface area contributed by atoms with E-state index in [-0.39, 0.29) is 11.2 Å². The topological polar surface area (TPSA) is 38.7 Å². The van der Waals surface area contributed by atoms with Crippen LogP contribution in [0.25, 0.3) is 0 Å². The second-order valence-corrected chi connectivity index (χ2v) is 5.83. The second kappa shape index (κ2) is 5.83. The maximum atomic E-state index is 9.60. The maximum Gasteiger partial charge on any atom is 0.0795 e. The van der Waals surface area contributed by atoms with Gasteiger partial charge in [0.1, 0.15) is 0 Å². The lowest BCUT2D eigenvalue weighted by Gasteiger charge is -2.23. The summed E-state index contributed by atoms with van der Waals surface area (Å²) in [6.07, 6.45) is 0.180. The van der Waals surface area contributed by atoms with E-state index in [1.165, 1.54) is 0 Å². The molecule has 0 aliphatic heterocycles. The third-order valence-electron chi connectivity index (χ3n) is 1.69. The van der Waals surface area contributed by atoms with Crippen LogP contribution in [-0.4, -0.2) is 35.6 Å². The Morgan fingerprint density at radius 3 is 1.80 bits per heavy atom. The minimum atomic E-state index is -0.438. The van der Waals surface area contributed by atoms with Gasteiger partial charge in [-0.25, -0.2) is 0 Å². The van der Waals surface area contributed by atoms with Gasteiger partial charge in [0.05, 0.1) is 23.9 Å². The molecule has 0 unspecified atom stereocenters. The first-order valence-corrected chi connectivity index (χ1v) is 5.56. The molecule has 0 saturated heterocycles. The Kier molecular flexibility index (Phi) is 5.78. The number of aliphatic hydroxyl groups excluding tert-OH is 1. The summed E-state index contributed by atoms with van der Waals surface area (Å²) in [5.74, 6) is 0. The van der Waals surface area contributed by atoms with Crippen molar-refractivity contribution in [1.82, 2.24) is 0 Å². The average Bonchev–Trinajstić information content (AvgIpc) is 1.97. The molecule has 0 bridgehead atoms. The summed E-state index contributed by atoms with van der Waals surface area (Å²) in [5, 5.41) is 9.60. The molecule has 0 aromatic carbocycles. The van der Waals surface area contributed by atoms with Gasteiger partial charge >= 0.3 is 0 Å². The number of rotatable bonds is 5. The summed E-state index contributed by atoms with van der Waals surface area (Å²) < 4.78 is 11.0. The van der Waals surface area contributed by atoms with Gasteiger partial charge in [-0.1, -0.05) is 0 Å². The van der Waals surface area contributed by atoms with E-state index in [2.05, 4.69) is 0 Å². The molecule has 0 aliphatic carbocycles. The number of hydrogen-bond donors (Lipinski definition) is 1. The molecular weight excluding hydrogens is 192 g/mol. The average molecular weight is 218 g/mol. The Bertz CT molecular complexity index is 165. The van der Waals surface area contributed by atoms with E-state index in [1.54, 1.807) is 0 Å². The first kappa shape index (κ1) is 14.9. The second-order valence-electron chi connectivity index (χ2n) is 5.83. The summed E-state index contributed by atoms with van der Waals surface area (Å²) in [5.41, 5.74) is -0.323. The Hall–Kier alpha value is -0.120. The standard InChI is InChI=1S/C12H26O3/c1-11(2,3)14-8-7-10(13)9-15-12(4,5)6/h10,13H,7-9H2,1-6H3/t10-/m0/s1. The molecule has 92 valence electrons. The normalized spacial score (nSPS) is 15.4. The third-order valence-corrected chi connectivity index (χ3v) is 1.69. The van der Waals surface area contributed by atoms with Crippen LogP contribution in [0.1, 0.15) is 48.0 Å². The van der Waals surface area contributed by atoms with Crippen molar-refractivity contribution >= 4 is 0 Å². The molecule has 1 atom stereocenters. The Morgan fingerprint density at radius 1 is 0.933 bits per heavy atom. The molecule has 0 fully saturated rings.